The lowest BCUT2D eigenvalue weighted by Crippen LogP contribution is -2.53. The fourth-order valence-corrected chi connectivity index (χ4v) is 3.16. The summed E-state index contributed by atoms with van der Waals surface area (Å²) < 4.78 is 5.49. The highest BCUT2D eigenvalue weighted by molar-refractivity contribution is 5.84. The van der Waals surface area contributed by atoms with E-state index < -0.39 is 12.0 Å². The Morgan fingerprint density at radius 1 is 0.857 bits per heavy atom. The second-order valence-electron chi connectivity index (χ2n) is 7.38. The number of nitrogens with one attached hydrogen (secondary N) is 1. The predicted octanol–water partition coefficient (Wildman–Crippen LogP) is 4.17. The third kappa shape index (κ3) is 6.41. The summed E-state index contributed by atoms with van der Waals surface area (Å²) in [6, 6.07) is 18.2. The fourth-order valence-electron chi connectivity index (χ4n) is 3.16. The van der Waals surface area contributed by atoms with Crippen LogP contribution in [0.3, 0.4) is 0 Å². The number of urea groups is 1. The van der Waals surface area contributed by atoms with Gasteiger partial charge >= 0.3 is 12.0 Å². The molecule has 2 amide bonds. The first kappa shape index (κ1) is 21.5. The minimum Gasteiger partial charge on any atom is -0.459 e. The first-order valence-corrected chi connectivity index (χ1v) is 9.71. The van der Waals surface area contributed by atoms with Crippen LogP contribution >= 0.6 is 0 Å². The van der Waals surface area contributed by atoms with Gasteiger partial charge in [0.05, 0.1) is 0 Å². The van der Waals surface area contributed by atoms with Gasteiger partial charge in [-0.3, -0.25) is 0 Å². The Morgan fingerprint density at radius 2 is 1.36 bits per heavy atom. The summed E-state index contributed by atoms with van der Waals surface area (Å²) in [4.78, 5) is 27.3. The van der Waals surface area contributed by atoms with Gasteiger partial charge in [0.2, 0.25) is 0 Å². The summed E-state index contributed by atoms with van der Waals surface area (Å²) >= 11 is 0. The maximum Gasteiger partial charge on any atom is 0.329 e. The normalized spacial score (nSPS) is 11.9. The molecule has 0 fully saturated rings. The number of carbonyl (C=O) groups excluding carboxylic acids is 2. The van der Waals surface area contributed by atoms with Gasteiger partial charge in [0.1, 0.15) is 12.6 Å². The molecule has 0 heterocycles. The van der Waals surface area contributed by atoms with Gasteiger partial charge in [0.15, 0.2) is 0 Å². The van der Waals surface area contributed by atoms with E-state index >= 15 is 0 Å². The van der Waals surface area contributed by atoms with Crippen molar-refractivity contribution in [3.8, 4) is 0 Å². The number of esters is 1. The molecule has 0 unspecified atom stereocenters. The number of ether oxygens (including phenoxy) is 1. The topological polar surface area (TPSA) is 58.6 Å². The molecule has 2 aromatic rings. The molecule has 0 spiro atoms. The van der Waals surface area contributed by atoms with Crippen LogP contribution in [0.15, 0.2) is 60.7 Å². The van der Waals surface area contributed by atoms with Gasteiger partial charge in [0, 0.05) is 18.5 Å². The Hall–Kier alpha value is -2.82. The molecule has 2 rings (SSSR count). The van der Waals surface area contributed by atoms with E-state index in [9.17, 15) is 9.59 Å². The van der Waals surface area contributed by atoms with Crippen molar-refractivity contribution in [2.45, 2.75) is 58.8 Å². The summed E-state index contributed by atoms with van der Waals surface area (Å²) in [6.07, 6.45) is 0.379. The van der Waals surface area contributed by atoms with Gasteiger partial charge < -0.3 is 15.0 Å². The maximum atomic E-state index is 12.8. The Kier molecular flexibility index (Phi) is 8.05. The first-order valence-electron chi connectivity index (χ1n) is 9.71. The van der Waals surface area contributed by atoms with Crippen LogP contribution < -0.4 is 5.32 Å². The summed E-state index contributed by atoms with van der Waals surface area (Å²) in [5, 5.41) is 2.88. The molecule has 0 aliphatic carbocycles. The van der Waals surface area contributed by atoms with Crippen LogP contribution in [-0.4, -0.2) is 35.0 Å². The monoisotopic (exact) mass is 382 g/mol. The number of benzene rings is 2. The zero-order chi connectivity index (χ0) is 20.5. The van der Waals surface area contributed by atoms with Crippen LogP contribution in [0.4, 0.5) is 4.79 Å². The minimum atomic E-state index is -0.751. The van der Waals surface area contributed by atoms with Gasteiger partial charge in [-0.2, -0.15) is 0 Å². The molecular weight excluding hydrogens is 352 g/mol. The van der Waals surface area contributed by atoms with Crippen LogP contribution in [-0.2, 0) is 22.6 Å². The van der Waals surface area contributed by atoms with Crippen LogP contribution in [0, 0.1) is 0 Å². The molecule has 5 nitrogen and oxygen atoms in total. The van der Waals surface area contributed by atoms with Gasteiger partial charge in [-0.1, -0.05) is 60.7 Å². The third-order valence-corrected chi connectivity index (χ3v) is 4.44. The number of hydrogen-bond acceptors (Lipinski definition) is 3. The standard InChI is InChI=1S/C23H30N2O3/c1-17(2)25(18(3)4)23(27)24-21(15-19-11-7-5-8-12-19)22(26)28-16-20-13-9-6-10-14-20/h5-14,17-18,21H,15-16H2,1-4H3,(H,24,27)/t21-/m0/s1. The Bertz CT molecular complexity index is 737. The SMILES string of the molecule is CC(C)N(C(=O)N[C@@H](Cc1ccccc1)C(=O)OCc1ccccc1)C(C)C. The average Bonchev–Trinajstić information content (AvgIpc) is 2.66. The lowest BCUT2D eigenvalue weighted by atomic mass is 10.1. The smallest absolute Gasteiger partial charge is 0.329 e. The Balaban J connectivity index is 2.11. The highest BCUT2D eigenvalue weighted by atomic mass is 16.5. The van der Waals surface area contributed by atoms with Gasteiger partial charge in [-0.15, -0.1) is 0 Å². The van der Waals surface area contributed by atoms with Crippen molar-refractivity contribution in [3.63, 3.8) is 0 Å². The zero-order valence-corrected chi connectivity index (χ0v) is 17.1. The average molecular weight is 383 g/mol. The van der Waals surface area contributed by atoms with E-state index in [-0.39, 0.29) is 24.7 Å². The number of hydrogen-bond donors (Lipinski definition) is 1. The molecule has 5 heteroatoms. The van der Waals surface area contributed by atoms with Crippen molar-refractivity contribution in [1.82, 2.24) is 10.2 Å². The highest BCUT2D eigenvalue weighted by Gasteiger charge is 2.27. The number of carbonyl (C=O) groups is 2. The lowest BCUT2D eigenvalue weighted by Gasteiger charge is -2.32. The lowest BCUT2D eigenvalue weighted by molar-refractivity contribution is -0.147. The number of amides is 2. The minimum absolute atomic E-state index is 0.0257. The van der Waals surface area contributed by atoms with Crippen LogP contribution in [0.5, 0.6) is 0 Å². The molecule has 1 N–H and O–H groups in total. The molecule has 0 saturated heterocycles. The second-order valence-corrected chi connectivity index (χ2v) is 7.38. The van der Waals surface area contributed by atoms with Crippen molar-refractivity contribution in [1.29, 1.82) is 0 Å². The van der Waals surface area contributed by atoms with Crippen LogP contribution in [0.2, 0.25) is 0 Å². The zero-order valence-electron chi connectivity index (χ0n) is 17.1. The van der Waals surface area contributed by atoms with Crippen molar-refractivity contribution >= 4 is 12.0 Å². The van der Waals surface area contributed by atoms with Crippen LogP contribution in [0.25, 0.3) is 0 Å². The van der Waals surface area contributed by atoms with Gasteiger partial charge in [0.25, 0.3) is 0 Å². The van der Waals surface area contributed by atoms with Crippen LogP contribution in [0.1, 0.15) is 38.8 Å². The predicted molar refractivity (Wildman–Crippen MR) is 111 cm³/mol. The molecule has 0 saturated carbocycles. The summed E-state index contributed by atoms with van der Waals surface area (Å²) in [5.41, 5.74) is 1.87. The number of rotatable bonds is 8. The molecule has 1 atom stereocenters. The van der Waals surface area contributed by atoms with E-state index in [0.717, 1.165) is 11.1 Å². The molecule has 0 aromatic heterocycles. The summed E-state index contributed by atoms with van der Waals surface area (Å²) in [7, 11) is 0. The number of nitrogens with zero attached hydrogens (tertiary/aromatic N) is 1. The van der Waals surface area contributed by atoms with E-state index in [1.54, 1.807) is 4.90 Å². The molecular formula is C23H30N2O3. The molecule has 0 bridgehead atoms. The van der Waals surface area contributed by atoms with E-state index in [1.807, 2.05) is 88.4 Å². The summed E-state index contributed by atoms with van der Waals surface area (Å²) in [5.74, 6) is -0.437. The van der Waals surface area contributed by atoms with Crippen molar-refractivity contribution in [2.24, 2.45) is 0 Å². The molecule has 28 heavy (non-hydrogen) atoms. The second kappa shape index (κ2) is 10.5. The Morgan fingerprint density at radius 3 is 1.86 bits per heavy atom. The molecule has 0 aliphatic rings. The summed E-state index contributed by atoms with van der Waals surface area (Å²) in [6.45, 7) is 8.01. The first-order chi connectivity index (χ1) is 13.4. The maximum absolute atomic E-state index is 12.8. The van der Waals surface area contributed by atoms with E-state index in [2.05, 4.69) is 5.32 Å². The van der Waals surface area contributed by atoms with Gasteiger partial charge in [-0.25, -0.2) is 9.59 Å². The van der Waals surface area contributed by atoms with E-state index in [1.165, 1.54) is 0 Å². The quantitative estimate of drug-likeness (QED) is 0.697. The molecule has 0 aliphatic heterocycles. The van der Waals surface area contributed by atoms with E-state index in [0.29, 0.717) is 6.42 Å². The largest absolute Gasteiger partial charge is 0.459 e. The molecule has 2 aromatic carbocycles. The molecule has 0 radical (unpaired) electrons. The molecule has 150 valence electrons. The van der Waals surface area contributed by atoms with Crippen molar-refractivity contribution in [2.75, 3.05) is 0 Å². The van der Waals surface area contributed by atoms with E-state index in [4.69, 9.17) is 4.74 Å². The fraction of sp³-hybridized carbons (Fsp3) is 0.391. The van der Waals surface area contributed by atoms with Gasteiger partial charge in [-0.05, 0) is 38.8 Å². The highest BCUT2D eigenvalue weighted by Crippen LogP contribution is 2.10. The van der Waals surface area contributed by atoms with Crippen molar-refractivity contribution in [3.05, 3.63) is 71.8 Å². The van der Waals surface area contributed by atoms with Crippen molar-refractivity contribution < 1.29 is 14.3 Å². The third-order valence-electron chi connectivity index (χ3n) is 4.44. The Labute approximate surface area is 167 Å².